The number of fused-ring (bicyclic) bond motifs is 1. The summed E-state index contributed by atoms with van der Waals surface area (Å²) >= 11 is 1.13. The van der Waals surface area contributed by atoms with Gasteiger partial charge >= 0.3 is 0 Å². The molecule has 0 spiro atoms. The predicted molar refractivity (Wildman–Crippen MR) is 126 cm³/mol. The number of hydrogen-bond acceptors (Lipinski definition) is 5. The molecule has 0 saturated carbocycles. The van der Waals surface area contributed by atoms with Crippen LogP contribution in [0.4, 0.5) is 5.69 Å². The minimum Gasteiger partial charge on any atom is -0.355 e. The number of piperidine rings is 1. The monoisotopic (exact) mass is 445 g/mol. The third-order valence-corrected chi connectivity index (χ3v) is 6.79. The van der Waals surface area contributed by atoms with Crippen molar-refractivity contribution in [3.8, 4) is 11.3 Å². The first-order valence-electron chi connectivity index (χ1n) is 10.7. The molecular formula is C24H23N5O2S. The van der Waals surface area contributed by atoms with Crippen molar-refractivity contribution in [1.82, 2.24) is 19.5 Å². The molecule has 1 aliphatic rings. The second-order valence-electron chi connectivity index (χ2n) is 8.09. The van der Waals surface area contributed by atoms with Gasteiger partial charge in [-0.3, -0.25) is 9.59 Å². The van der Waals surface area contributed by atoms with E-state index in [9.17, 15) is 9.59 Å². The number of hydrogen-bond donors (Lipinski definition) is 2. The van der Waals surface area contributed by atoms with Crippen LogP contribution in [-0.4, -0.2) is 44.4 Å². The predicted octanol–water partition coefficient (Wildman–Crippen LogP) is 4.49. The Kier molecular flexibility index (Phi) is 5.45. The Labute approximate surface area is 189 Å². The van der Waals surface area contributed by atoms with Crippen molar-refractivity contribution in [2.75, 3.05) is 18.4 Å². The smallest absolute Gasteiger partial charge is 0.267 e. The fraction of sp³-hybridized carbons (Fsp3) is 0.250. The number of likely N-dealkylation sites (tertiary alicyclic amines) is 1. The van der Waals surface area contributed by atoms with Gasteiger partial charge in [0.25, 0.3) is 5.91 Å². The number of anilines is 1. The second-order valence-corrected chi connectivity index (χ2v) is 8.85. The molecule has 3 heterocycles. The van der Waals surface area contributed by atoms with E-state index in [1.54, 1.807) is 11.8 Å². The van der Waals surface area contributed by atoms with Gasteiger partial charge in [-0.2, -0.15) is 0 Å². The molecule has 2 N–H and O–H groups in total. The van der Waals surface area contributed by atoms with Crippen LogP contribution in [0.5, 0.6) is 0 Å². The molecule has 2 aromatic carbocycles. The van der Waals surface area contributed by atoms with Crippen LogP contribution in [0.3, 0.4) is 0 Å². The summed E-state index contributed by atoms with van der Waals surface area (Å²) < 4.78 is 3.85. The first-order chi connectivity index (χ1) is 15.6. The maximum absolute atomic E-state index is 12.9. The Morgan fingerprint density at radius 3 is 2.66 bits per heavy atom. The van der Waals surface area contributed by atoms with Crippen molar-refractivity contribution in [3.05, 3.63) is 65.2 Å². The van der Waals surface area contributed by atoms with Gasteiger partial charge in [0.2, 0.25) is 5.91 Å². The molecule has 162 valence electrons. The first kappa shape index (κ1) is 20.4. The lowest BCUT2D eigenvalue weighted by Crippen LogP contribution is -2.41. The summed E-state index contributed by atoms with van der Waals surface area (Å²) in [6.45, 7) is 2.91. The zero-order valence-electron chi connectivity index (χ0n) is 17.7. The fourth-order valence-electron chi connectivity index (χ4n) is 4.15. The summed E-state index contributed by atoms with van der Waals surface area (Å²) in [6.07, 6.45) is 1.29. The van der Waals surface area contributed by atoms with Gasteiger partial charge in [0, 0.05) is 46.9 Å². The molecule has 8 heteroatoms. The fourth-order valence-corrected chi connectivity index (χ4v) is 4.78. The van der Waals surface area contributed by atoms with Gasteiger partial charge in [-0.1, -0.05) is 34.8 Å². The first-order valence-corrected chi connectivity index (χ1v) is 11.4. The quantitative estimate of drug-likeness (QED) is 0.484. The van der Waals surface area contributed by atoms with Crippen LogP contribution in [-0.2, 0) is 4.79 Å². The van der Waals surface area contributed by atoms with Gasteiger partial charge in [0.1, 0.15) is 4.88 Å². The van der Waals surface area contributed by atoms with E-state index < -0.39 is 0 Å². The molecule has 0 aliphatic carbocycles. The highest BCUT2D eigenvalue weighted by atomic mass is 32.1. The highest BCUT2D eigenvalue weighted by molar-refractivity contribution is 7.07. The molecule has 32 heavy (non-hydrogen) atoms. The lowest BCUT2D eigenvalue weighted by atomic mass is 9.95. The van der Waals surface area contributed by atoms with Crippen molar-refractivity contribution in [1.29, 1.82) is 0 Å². The minimum absolute atomic E-state index is 0.00142. The minimum atomic E-state index is -0.114. The normalized spacial score (nSPS) is 14.6. The van der Waals surface area contributed by atoms with Crippen LogP contribution in [0.15, 0.2) is 54.6 Å². The molecule has 1 saturated heterocycles. The number of nitrogens with zero attached hydrogens (tertiary/aromatic N) is 3. The SMILES string of the molecule is Cc1nnsc1C(=O)N1CCC(C(=O)Nc2cccc(-c3cc4ccccc4[nH]3)c2)CC1. The van der Waals surface area contributed by atoms with Crippen LogP contribution in [0, 0.1) is 12.8 Å². The standard InChI is InChI=1S/C24H23N5O2S/c1-15-22(32-28-27-15)24(31)29-11-9-16(10-12-29)23(30)25-19-7-4-6-17(13-19)21-14-18-5-2-3-8-20(18)26-21/h2-8,13-14,16,26H,9-12H2,1H3,(H,25,30). The molecule has 0 radical (unpaired) electrons. The van der Waals surface area contributed by atoms with E-state index in [-0.39, 0.29) is 17.7 Å². The van der Waals surface area contributed by atoms with Gasteiger partial charge in [-0.15, -0.1) is 5.10 Å². The molecule has 4 aromatic rings. The number of para-hydroxylation sites is 1. The summed E-state index contributed by atoms with van der Waals surface area (Å²) in [4.78, 5) is 31.3. The van der Waals surface area contributed by atoms with E-state index in [1.807, 2.05) is 42.5 Å². The Hall–Kier alpha value is -3.52. The summed E-state index contributed by atoms with van der Waals surface area (Å²) in [5.74, 6) is -0.152. The number of benzene rings is 2. The number of H-pyrrole nitrogens is 1. The topological polar surface area (TPSA) is 91.0 Å². The lowest BCUT2D eigenvalue weighted by Gasteiger charge is -2.31. The van der Waals surface area contributed by atoms with Gasteiger partial charge in [0.15, 0.2) is 0 Å². The maximum Gasteiger partial charge on any atom is 0.267 e. The van der Waals surface area contributed by atoms with Gasteiger partial charge in [0.05, 0.1) is 5.69 Å². The van der Waals surface area contributed by atoms with Crippen molar-refractivity contribution < 1.29 is 9.59 Å². The zero-order valence-corrected chi connectivity index (χ0v) is 18.5. The Balaban J connectivity index is 1.23. The number of amides is 2. The molecule has 7 nitrogen and oxygen atoms in total. The van der Waals surface area contributed by atoms with E-state index in [4.69, 9.17) is 0 Å². The molecule has 1 aliphatic heterocycles. The summed E-state index contributed by atoms with van der Waals surface area (Å²) in [6, 6.07) is 18.1. The van der Waals surface area contributed by atoms with Crippen molar-refractivity contribution >= 4 is 39.9 Å². The number of rotatable bonds is 4. The lowest BCUT2D eigenvalue weighted by molar-refractivity contribution is -0.121. The summed E-state index contributed by atoms with van der Waals surface area (Å²) in [5, 5.41) is 8.14. The van der Waals surface area contributed by atoms with E-state index in [1.165, 1.54) is 0 Å². The highest BCUT2D eigenvalue weighted by Gasteiger charge is 2.29. The van der Waals surface area contributed by atoms with Crippen LogP contribution in [0.2, 0.25) is 0 Å². The van der Waals surface area contributed by atoms with E-state index in [0.29, 0.717) is 36.5 Å². The Morgan fingerprint density at radius 2 is 1.91 bits per heavy atom. The molecule has 2 amide bonds. The molecule has 0 bridgehead atoms. The molecule has 1 fully saturated rings. The summed E-state index contributed by atoms with van der Waals surface area (Å²) in [7, 11) is 0. The highest BCUT2D eigenvalue weighted by Crippen LogP contribution is 2.27. The van der Waals surface area contributed by atoms with E-state index >= 15 is 0 Å². The third kappa shape index (κ3) is 4.01. The van der Waals surface area contributed by atoms with E-state index in [2.05, 4.69) is 32.0 Å². The third-order valence-electron chi connectivity index (χ3n) is 5.97. The molecule has 0 atom stereocenters. The average molecular weight is 446 g/mol. The van der Waals surface area contributed by atoms with Crippen LogP contribution >= 0.6 is 11.5 Å². The number of aryl methyl sites for hydroxylation is 1. The van der Waals surface area contributed by atoms with Crippen molar-refractivity contribution in [2.24, 2.45) is 5.92 Å². The van der Waals surface area contributed by atoms with Gasteiger partial charge in [-0.05, 0) is 55.6 Å². The molecule has 0 unspecified atom stereocenters. The van der Waals surface area contributed by atoms with Gasteiger partial charge < -0.3 is 15.2 Å². The number of carbonyl (C=O) groups excluding carboxylic acids is 2. The van der Waals surface area contributed by atoms with Gasteiger partial charge in [-0.25, -0.2) is 0 Å². The molecule has 5 rings (SSSR count). The van der Waals surface area contributed by atoms with Crippen LogP contribution < -0.4 is 5.32 Å². The second kappa shape index (κ2) is 8.55. The number of aromatic amines is 1. The Morgan fingerprint density at radius 1 is 1.09 bits per heavy atom. The van der Waals surface area contributed by atoms with Crippen molar-refractivity contribution in [3.63, 3.8) is 0 Å². The molecule has 2 aromatic heterocycles. The maximum atomic E-state index is 12.9. The Bertz CT molecular complexity index is 1250. The zero-order chi connectivity index (χ0) is 22.1. The van der Waals surface area contributed by atoms with Crippen LogP contribution in [0.25, 0.3) is 22.2 Å². The number of carbonyl (C=O) groups is 2. The number of nitrogens with one attached hydrogen (secondary N) is 2. The number of aromatic nitrogens is 3. The average Bonchev–Trinajstić information content (AvgIpc) is 3.45. The van der Waals surface area contributed by atoms with E-state index in [0.717, 1.165) is 39.4 Å². The van der Waals surface area contributed by atoms with Crippen LogP contribution in [0.1, 0.15) is 28.2 Å². The van der Waals surface area contributed by atoms with Crippen molar-refractivity contribution in [2.45, 2.75) is 19.8 Å². The summed E-state index contributed by atoms with van der Waals surface area (Å²) in [5.41, 5.74) is 4.56. The largest absolute Gasteiger partial charge is 0.355 e. The molecular weight excluding hydrogens is 422 g/mol.